The molecule has 5 rings (SSSR count). The Morgan fingerprint density at radius 1 is 1.17 bits per heavy atom. The predicted octanol–water partition coefficient (Wildman–Crippen LogP) is 2.39. The van der Waals surface area contributed by atoms with Crippen LogP contribution in [-0.2, 0) is 16.6 Å². The normalized spacial score (nSPS) is 25.2. The lowest BCUT2D eigenvalue weighted by Crippen LogP contribution is -2.51. The zero-order valence-electron chi connectivity index (χ0n) is 16.6. The number of piperidine rings is 1. The number of fused-ring (bicyclic) bond motifs is 1. The first kappa shape index (κ1) is 19.2. The molecule has 3 saturated heterocycles. The number of carbonyl (C=O) groups excluding carboxylic acids is 2. The molecule has 2 amide bonds. The zero-order chi connectivity index (χ0) is 21.0. The van der Waals surface area contributed by atoms with Crippen LogP contribution < -0.4 is 0 Å². The lowest BCUT2D eigenvalue weighted by Gasteiger charge is -2.37. The van der Waals surface area contributed by atoms with E-state index >= 15 is 0 Å². The van der Waals surface area contributed by atoms with Crippen LogP contribution in [0.4, 0.5) is 8.78 Å². The fourth-order valence-corrected chi connectivity index (χ4v) is 4.96. The first-order valence-corrected chi connectivity index (χ1v) is 10.1. The van der Waals surface area contributed by atoms with E-state index in [-0.39, 0.29) is 11.8 Å². The fraction of sp³-hybridized carbons (Fsp3) is 0.476. The van der Waals surface area contributed by atoms with Crippen LogP contribution in [0.3, 0.4) is 0 Å². The van der Waals surface area contributed by atoms with E-state index in [1.807, 2.05) is 0 Å². The van der Waals surface area contributed by atoms with Crippen molar-refractivity contribution in [2.45, 2.75) is 43.6 Å². The van der Waals surface area contributed by atoms with E-state index < -0.39 is 29.5 Å². The van der Waals surface area contributed by atoms with Gasteiger partial charge >= 0.3 is 0 Å². The van der Waals surface area contributed by atoms with E-state index in [0.717, 1.165) is 6.07 Å². The van der Waals surface area contributed by atoms with Crippen LogP contribution in [0, 0.1) is 11.6 Å². The molecule has 3 fully saturated rings. The van der Waals surface area contributed by atoms with Crippen molar-refractivity contribution in [3.05, 3.63) is 53.4 Å². The SMILES string of the molecule is Cn1nccc1C(=O)N1CCC2(CC1)OC1CCC(c3cc(F)cc(F)c3)N1C2=O. The number of likely N-dealkylation sites (tertiary alicyclic amines) is 1. The second-order valence-electron chi connectivity index (χ2n) is 8.21. The van der Waals surface area contributed by atoms with Gasteiger partial charge in [0, 0.05) is 45.2 Å². The Hall–Kier alpha value is -2.81. The van der Waals surface area contributed by atoms with E-state index in [2.05, 4.69) is 5.10 Å². The number of aromatic nitrogens is 2. The van der Waals surface area contributed by atoms with E-state index in [1.165, 1.54) is 16.8 Å². The molecule has 0 N–H and O–H groups in total. The molecule has 7 nitrogen and oxygen atoms in total. The van der Waals surface area contributed by atoms with Gasteiger partial charge in [-0.25, -0.2) is 8.78 Å². The first-order valence-electron chi connectivity index (χ1n) is 10.1. The minimum atomic E-state index is -0.974. The Labute approximate surface area is 172 Å². The van der Waals surface area contributed by atoms with E-state index in [0.29, 0.717) is 50.0 Å². The van der Waals surface area contributed by atoms with Crippen LogP contribution in [0.25, 0.3) is 0 Å². The average Bonchev–Trinajstić information content (AvgIpc) is 3.38. The molecular formula is C21H22F2N4O3. The molecule has 1 aromatic heterocycles. The minimum Gasteiger partial charge on any atom is -0.342 e. The third-order valence-corrected chi connectivity index (χ3v) is 6.49. The van der Waals surface area contributed by atoms with Crippen molar-refractivity contribution in [1.29, 1.82) is 0 Å². The summed E-state index contributed by atoms with van der Waals surface area (Å²) in [6, 6.07) is 4.66. The van der Waals surface area contributed by atoms with Gasteiger partial charge in [0.25, 0.3) is 11.8 Å². The molecule has 0 bridgehead atoms. The molecule has 9 heteroatoms. The van der Waals surface area contributed by atoms with Crippen molar-refractivity contribution >= 4 is 11.8 Å². The topological polar surface area (TPSA) is 67.7 Å². The second-order valence-corrected chi connectivity index (χ2v) is 8.21. The molecule has 2 atom stereocenters. The first-order chi connectivity index (χ1) is 14.4. The maximum Gasteiger partial charge on any atom is 0.272 e. The predicted molar refractivity (Wildman–Crippen MR) is 101 cm³/mol. The standard InChI is InChI=1S/C21H22F2N4O3/c1-25-17(4-7-24-25)19(28)26-8-5-21(6-9-26)20(29)27-16(2-3-18(27)30-21)13-10-14(22)12-15(23)11-13/h4,7,10-12,16,18H,2-3,5-6,8-9H2,1H3. The summed E-state index contributed by atoms with van der Waals surface area (Å²) in [7, 11) is 1.71. The van der Waals surface area contributed by atoms with E-state index in [1.54, 1.807) is 29.1 Å². The summed E-state index contributed by atoms with van der Waals surface area (Å²) >= 11 is 0. The number of aryl methyl sites for hydroxylation is 1. The van der Waals surface area contributed by atoms with E-state index in [4.69, 9.17) is 4.74 Å². The summed E-state index contributed by atoms with van der Waals surface area (Å²) < 4.78 is 35.2. The largest absolute Gasteiger partial charge is 0.342 e. The quantitative estimate of drug-likeness (QED) is 0.754. The van der Waals surface area contributed by atoms with Crippen molar-refractivity contribution in [3.8, 4) is 0 Å². The van der Waals surface area contributed by atoms with E-state index in [9.17, 15) is 18.4 Å². The van der Waals surface area contributed by atoms with Gasteiger partial charge in [0.1, 0.15) is 23.6 Å². The van der Waals surface area contributed by atoms with Crippen molar-refractivity contribution in [2.24, 2.45) is 7.05 Å². The molecule has 3 aliphatic heterocycles. The van der Waals surface area contributed by atoms with Crippen LogP contribution in [0.2, 0.25) is 0 Å². The van der Waals surface area contributed by atoms with Gasteiger partial charge in [0.05, 0.1) is 6.04 Å². The maximum absolute atomic E-state index is 13.7. The summed E-state index contributed by atoms with van der Waals surface area (Å²) in [5.41, 5.74) is -0.0235. The monoisotopic (exact) mass is 416 g/mol. The Morgan fingerprint density at radius 2 is 1.87 bits per heavy atom. The number of amides is 2. The molecule has 30 heavy (non-hydrogen) atoms. The number of ether oxygens (including phenoxy) is 1. The maximum atomic E-state index is 13.7. The van der Waals surface area contributed by atoms with Crippen LogP contribution in [0.5, 0.6) is 0 Å². The molecule has 2 unspecified atom stereocenters. The van der Waals surface area contributed by atoms with Gasteiger partial charge in [-0.1, -0.05) is 0 Å². The van der Waals surface area contributed by atoms with Gasteiger partial charge in [0.2, 0.25) is 0 Å². The minimum absolute atomic E-state index is 0.121. The third kappa shape index (κ3) is 2.91. The Balaban J connectivity index is 1.33. The summed E-state index contributed by atoms with van der Waals surface area (Å²) in [5, 5.41) is 4.03. The number of benzene rings is 1. The average molecular weight is 416 g/mol. The number of hydrogen-bond acceptors (Lipinski definition) is 4. The third-order valence-electron chi connectivity index (χ3n) is 6.49. The van der Waals surface area contributed by atoms with Gasteiger partial charge in [-0.05, 0) is 36.6 Å². The van der Waals surface area contributed by atoms with Gasteiger partial charge < -0.3 is 14.5 Å². The Kier molecular flexibility index (Phi) is 4.39. The number of rotatable bonds is 2. The zero-order valence-corrected chi connectivity index (χ0v) is 16.6. The number of carbonyl (C=O) groups is 2. The van der Waals surface area contributed by atoms with Gasteiger partial charge in [-0.15, -0.1) is 0 Å². The van der Waals surface area contributed by atoms with Crippen molar-refractivity contribution < 1.29 is 23.1 Å². The van der Waals surface area contributed by atoms with Gasteiger partial charge in [0.15, 0.2) is 5.60 Å². The van der Waals surface area contributed by atoms with Crippen LogP contribution in [0.1, 0.15) is 47.8 Å². The number of nitrogens with zero attached hydrogens (tertiary/aromatic N) is 4. The molecule has 1 aromatic carbocycles. The Bertz CT molecular complexity index is 995. The molecule has 3 aliphatic rings. The smallest absolute Gasteiger partial charge is 0.272 e. The highest BCUT2D eigenvalue weighted by molar-refractivity contribution is 5.93. The second kappa shape index (κ2) is 6.87. The fourth-order valence-electron chi connectivity index (χ4n) is 4.96. The molecule has 0 saturated carbocycles. The summed E-state index contributed by atoms with van der Waals surface area (Å²) in [4.78, 5) is 29.4. The molecule has 1 spiro atoms. The van der Waals surface area contributed by atoms with Crippen LogP contribution in [0.15, 0.2) is 30.5 Å². The highest BCUT2D eigenvalue weighted by Crippen LogP contribution is 2.47. The Morgan fingerprint density at radius 3 is 2.50 bits per heavy atom. The van der Waals surface area contributed by atoms with Crippen LogP contribution in [-0.4, -0.2) is 56.3 Å². The van der Waals surface area contributed by atoms with Gasteiger partial charge in [-0.3, -0.25) is 14.3 Å². The highest BCUT2D eigenvalue weighted by atomic mass is 19.1. The van der Waals surface area contributed by atoms with Crippen LogP contribution >= 0.6 is 0 Å². The highest BCUT2D eigenvalue weighted by Gasteiger charge is 2.58. The summed E-state index contributed by atoms with van der Waals surface area (Å²) in [5.74, 6) is -1.58. The molecule has 0 radical (unpaired) electrons. The lowest BCUT2D eigenvalue weighted by molar-refractivity contribution is -0.142. The molecule has 0 aliphatic carbocycles. The summed E-state index contributed by atoms with van der Waals surface area (Å²) in [6.45, 7) is 0.797. The number of hydrogen-bond donors (Lipinski definition) is 0. The molecule has 158 valence electrons. The molecule has 4 heterocycles. The van der Waals surface area contributed by atoms with Gasteiger partial charge in [-0.2, -0.15) is 5.10 Å². The molecular weight excluding hydrogens is 394 g/mol. The van der Waals surface area contributed by atoms with Crippen molar-refractivity contribution in [1.82, 2.24) is 19.6 Å². The van der Waals surface area contributed by atoms with Crippen molar-refractivity contribution in [3.63, 3.8) is 0 Å². The van der Waals surface area contributed by atoms with Crippen molar-refractivity contribution in [2.75, 3.05) is 13.1 Å². The summed E-state index contributed by atoms with van der Waals surface area (Å²) in [6.07, 6.45) is 3.19. The number of halogens is 2. The molecule has 2 aromatic rings. The lowest BCUT2D eigenvalue weighted by atomic mass is 9.89.